The van der Waals surface area contributed by atoms with Crippen LogP contribution in [-0.2, 0) is 16.2 Å². The van der Waals surface area contributed by atoms with Crippen LogP contribution < -0.4 is 50.0 Å². The van der Waals surface area contributed by atoms with Crippen molar-refractivity contribution in [3.63, 3.8) is 0 Å². The van der Waals surface area contributed by atoms with E-state index in [4.69, 9.17) is 23.4 Å². The Kier molecular flexibility index (Phi) is 12.0. The minimum atomic E-state index is -0.262. The van der Waals surface area contributed by atoms with Gasteiger partial charge in [0.1, 0.15) is 37.8 Å². The van der Waals surface area contributed by atoms with Crippen LogP contribution in [0.1, 0.15) is 77.6 Å². The van der Waals surface area contributed by atoms with Gasteiger partial charge < -0.3 is 38.1 Å². The first-order valence-electron chi connectivity index (χ1n) is 31.6. The van der Waals surface area contributed by atoms with Crippen LogP contribution in [0.2, 0.25) is 0 Å². The van der Waals surface area contributed by atoms with Crippen LogP contribution in [0.3, 0.4) is 0 Å². The van der Waals surface area contributed by atoms with Crippen LogP contribution in [0.4, 0.5) is 51.2 Å². The molecule has 5 heterocycles. The van der Waals surface area contributed by atoms with Crippen LogP contribution in [0.15, 0.2) is 223 Å². The molecule has 0 unspecified atom stereocenters. The average molecular weight is 1170 g/mol. The highest BCUT2D eigenvalue weighted by atomic mass is 16.6. The van der Waals surface area contributed by atoms with Crippen molar-refractivity contribution in [2.45, 2.75) is 71.6 Å². The molecule has 440 valence electrons. The number of fused-ring (bicyclic) bond motifs is 11. The van der Waals surface area contributed by atoms with Gasteiger partial charge in [0.05, 0.1) is 17.1 Å². The van der Waals surface area contributed by atoms with Gasteiger partial charge in [-0.25, -0.2) is 0 Å². The number of ether oxygens (including phenoxy) is 4. The number of hydrogen-bond donors (Lipinski definition) is 0. The molecule has 0 bridgehead atoms. The Hall–Kier alpha value is -10.1. The minimum absolute atomic E-state index is 0.117. The zero-order valence-electron chi connectivity index (χ0n) is 52.1. The van der Waals surface area contributed by atoms with Crippen LogP contribution in [0.25, 0.3) is 55.3 Å². The molecule has 5 aliphatic rings. The predicted molar refractivity (Wildman–Crippen MR) is 370 cm³/mol. The van der Waals surface area contributed by atoms with Gasteiger partial charge in [-0.3, -0.25) is 0 Å². The summed E-state index contributed by atoms with van der Waals surface area (Å²) in [5, 5.41) is 3.31. The van der Waals surface area contributed by atoms with E-state index in [0.717, 1.165) is 118 Å². The van der Waals surface area contributed by atoms with Gasteiger partial charge in [0.15, 0.2) is 23.0 Å². The molecule has 0 atom stereocenters. The lowest BCUT2D eigenvalue weighted by molar-refractivity contribution is 0.171. The second-order valence-corrected chi connectivity index (χ2v) is 27.4. The molecule has 90 heavy (non-hydrogen) atoms. The Balaban J connectivity index is 0.979. The maximum atomic E-state index is 6.58. The van der Waals surface area contributed by atoms with Crippen molar-refractivity contribution in [1.82, 2.24) is 0 Å². The number of para-hydroxylation sites is 1. The summed E-state index contributed by atoms with van der Waals surface area (Å²) in [4.78, 5) is 7.53. The Morgan fingerprint density at radius 2 is 1.02 bits per heavy atom. The topological polar surface area (TPSA) is 59.8 Å². The standard InChI is InChI=1S/C81H68BN3O5/c1-79(2,3)54-25-31-67(62(41-54)49-16-10-9-11-17-49)85-68-32-26-55(80(4,5)6)42-65(68)82-66-47-76-77(89-37-36-88-76)48-69(66)84(58-29-33-73-75(46-58)87-35-34-86-73)70-44-59(45-71(85)78(70)82)83(57-28-30-61-60-19-13-14-20-63(60)81(7,8)64(61)43-57)56-27-24-50-38-53(23-22-51(50)39-56)74-40-52-18-12-15-21-72(52)90-74/h9-33,38-48H,34-37H2,1-8H3. The van der Waals surface area contributed by atoms with Gasteiger partial charge in [-0.2, -0.15) is 0 Å². The highest BCUT2D eigenvalue weighted by Gasteiger charge is 2.46. The number of hydrogen-bond acceptors (Lipinski definition) is 8. The summed E-state index contributed by atoms with van der Waals surface area (Å²) < 4.78 is 32.3. The van der Waals surface area contributed by atoms with E-state index in [0.29, 0.717) is 32.2 Å². The van der Waals surface area contributed by atoms with Gasteiger partial charge in [-0.05, 0) is 168 Å². The van der Waals surface area contributed by atoms with Crippen LogP contribution >= 0.6 is 0 Å². The Morgan fingerprint density at radius 3 is 1.80 bits per heavy atom. The van der Waals surface area contributed by atoms with Gasteiger partial charge in [-0.15, -0.1) is 0 Å². The lowest BCUT2D eigenvalue weighted by Crippen LogP contribution is -2.61. The quantitative estimate of drug-likeness (QED) is 0.146. The summed E-state index contributed by atoms with van der Waals surface area (Å²) in [6, 6.07) is 81.2. The SMILES string of the molecule is CC(C)(C)c1ccc2c(c1)B1c3cc4c(cc3N(c3ccc5c(c3)OCCO5)c3cc(N(c5ccc6c(c5)C(C)(C)c5ccccc5-6)c5ccc6cc(-c7cc8ccccc8o7)ccc6c5)cc(c31)N2c1ccc(C(C)(C)C)cc1-c1ccccc1)OCCO4. The average Bonchev–Trinajstić information content (AvgIpc) is 0.872. The van der Waals surface area contributed by atoms with Gasteiger partial charge in [-0.1, -0.05) is 171 Å². The molecule has 11 aromatic carbocycles. The van der Waals surface area contributed by atoms with Crippen molar-refractivity contribution >= 4 is 96.0 Å². The molecule has 4 aliphatic heterocycles. The molecule has 0 radical (unpaired) electrons. The Bertz CT molecular complexity index is 4920. The van der Waals surface area contributed by atoms with Crippen LogP contribution in [0.5, 0.6) is 23.0 Å². The largest absolute Gasteiger partial charge is 0.486 e. The molecular weight excluding hydrogens is 1110 g/mol. The first-order valence-corrected chi connectivity index (χ1v) is 31.6. The summed E-state index contributed by atoms with van der Waals surface area (Å²) in [6.45, 7) is 20.3. The molecule has 12 aromatic rings. The highest BCUT2D eigenvalue weighted by molar-refractivity contribution is 7.00. The van der Waals surface area contributed by atoms with E-state index in [1.807, 2.05) is 12.1 Å². The summed E-state index contributed by atoms with van der Waals surface area (Å²) in [6.07, 6.45) is 0. The minimum Gasteiger partial charge on any atom is -0.486 e. The number of rotatable bonds is 7. The van der Waals surface area contributed by atoms with Gasteiger partial charge in [0, 0.05) is 68.2 Å². The first-order chi connectivity index (χ1) is 43.6. The van der Waals surface area contributed by atoms with Crippen molar-refractivity contribution in [2.75, 3.05) is 41.1 Å². The van der Waals surface area contributed by atoms with Gasteiger partial charge >= 0.3 is 0 Å². The van der Waals surface area contributed by atoms with E-state index in [2.05, 4.69) is 276 Å². The molecule has 8 nitrogen and oxygen atoms in total. The maximum absolute atomic E-state index is 6.58. The third kappa shape index (κ3) is 8.56. The molecule has 0 spiro atoms. The molecule has 17 rings (SSSR count). The molecule has 0 N–H and O–H groups in total. The van der Waals surface area contributed by atoms with Crippen molar-refractivity contribution < 1.29 is 23.4 Å². The Morgan fingerprint density at radius 1 is 0.400 bits per heavy atom. The van der Waals surface area contributed by atoms with Crippen molar-refractivity contribution in [2.24, 2.45) is 0 Å². The van der Waals surface area contributed by atoms with E-state index in [-0.39, 0.29) is 23.0 Å². The smallest absolute Gasteiger partial charge is 0.252 e. The second-order valence-electron chi connectivity index (χ2n) is 27.4. The lowest BCUT2D eigenvalue weighted by atomic mass is 9.33. The summed E-state index contributed by atoms with van der Waals surface area (Å²) in [5.41, 5.74) is 24.2. The lowest BCUT2D eigenvalue weighted by Gasteiger charge is -2.46. The van der Waals surface area contributed by atoms with Crippen LogP contribution in [0, 0.1) is 0 Å². The second kappa shape index (κ2) is 19.9. The highest BCUT2D eigenvalue weighted by Crippen LogP contribution is 2.55. The summed E-state index contributed by atoms with van der Waals surface area (Å²) >= 11 is 0. The molecule has 0 saturated heterocycles. The van der Waals surface area contributed by atoms with Crippen molar-refractivity contribution in [3.8, 4) is 56.6 Å². The molecule has 0 saturated carbocycles. The van der Waals surface area contributed by atoms with Gasteiger partial charge in [0.25, 0.3) is 6.71 Å². The molecule has 1 aliphatic carbocycles. The fourth-order valence-electron chi connectivity index (χ4n) is 14.8. The molecule has 9 heteroatoms. The van der Waals surface area contributed by atoms with E-state index in [1.165, 1.54) is 44.3 Å². The monoisotopic (exact) mass is 1170 g/mol. The normalized spacial score (nSPS) is 14.9. The van der Waals surface area contributed by atoms with Crippen LogP contribution in [-0.4, -0.2) is 33.1 Å². The molecule has 1 aromatic heterocycles. The first kappa shape index (κ1) is 54.1. The third-order valence-corrected chi connectivity index (χ3v) is 19.4. The fraction of sp³-hybridized carbons (Fsp3) is 0.185. The number of anilines is 9. The molecule has 0 amide bonds. The van der Waals surface area contributed by atoms with E-state index in [9.17, 15) is 0 Å². The molecule has 0 fully saturated rings. The summed E-state index contributed by atoms with van der Waals surface area (Å²) in [5.74, 6) is 3.76. The zero-order chi connectivity index (χ0) is 60.9. The Labute approximate surface area is 526 Å². The number of benzene rings is 11. The third-order valence-electron chi connectivity index (χ3n) is 19.4. The van der Waals surface area contributed by atoms with Gasteiger partial charge in [0.2, 0.25) is 0 Å². The maximum Gasteiger partial charge on any atom is 0.252 e. The zero-order valence-corrected chi connectivity index (χ0v) is 52.1. The van der Waals surface area contributed by atoms with Crippen molar-refractivity contribution in [1.29, 1.82) is 0 Å². The van der Waals surface area contributed by atoms with E-state index in [1.54, 1.807) is 0 Å². The predicted octanol–water partition coefficient (Wildman–Crippen LogP) is 18.9. The fourth-order valence-corrected chi connectivity index (χ4v) is 14.8. The number of nitrogens with zero attached hydrogens (tertiary/aromatic N) is 3. The summed E-state index contributed by atoms with van der Waals surface area (Å²) in [7, 11) is 0. The van der Waals surface area contributed by atoms with E-state index >= 15 is 0 Å². The van der Waals surface area contributed by atoms with Crippen molar-refractivity contribution in [3.05, 3.63) is 241 Å². The van der Waals surface area contributed by atoms with E-state index < -0.39 is 0 Å². The number of furan rings is 1. The molecular formula is C81H68BN3O5.